The predicted octanol–water partition coefficient (Wildman–Crippen LogP) is 0.813. The van der Waals surface area contributed by atoms with Crippen LogP contribution >= 0.6 is 0 Å². The summed E-state index contributed by atoms with van der Waals surface area (Å²) in [5, 5.41) is 9.68. The number of rotatable bonds is 2. The molecule has 1 aliphatic heterocycles. The van der Waals surface area contributed by atoms with Crippen molar-refractivity contribution in [3.63, 3.8) is 0 Å². The highest BCUT2D eigenvalue weighted by Crippen LogP contribution is 2.29. The summed E-state index contributed by atoms with van der Waals surface area (Å²) in [5.41, 5.74) is 1.79. The number of hydrogen-bond acceptors (Lipinski definition) is 6. The molecule has 3 rings (SSSR count). The van der Waals surface area contributed by atoms with Gasteiger partial charge in [0.1, 0.15) is 18.0 Å². The molecule has 1 saturated heterocycles. The Labute approximate surface area is 111 Å². The molecule has 19 heavy (non-hydrogen) atoms. The maximum Gasteiger partial charge on any atom is 0.140 e. The molecule has 1 aliphatic rings. The van der Waals surface area contributed by atoms with E-state index in [1.807, 2.05) is 6.92 Å². The number of β-amino-alcohol motifs (C(OH)–C–C–N with tert-alkyl or cyclic N) is 1. The molecule has 2 aromatic rings. The maximum absolute atomic E-state index is 9.68. The van der Waals surface area contributed by atoms with Crippen molar-refractivity contribution in [2.24, 2.45) is 0 Å². The zero-order chi connectivity index (χ0) is 13.2. The average Bonchev–Trinajstić information content (AvgIpc) is 2.86. The Kier molecular flexibility index (Phi) is 3.08. The number of anilines is 1. The van der Waals surface area contributed by atoms with E-state index in [9.17, 15) is 5.11 Å². The Hall–Kier alpha value is -2.08. The third-order valence-corrected chi connectivity index (χ3v) is 3.22. The Balaban J connectivity index is 2.05. The highest BCUT2D eigenvalue weighted by atomic mass is 16.3. The van der Waals surface area contributed by atoms with Crippen molar-refractivity contribution in [2.75, 3.05) is 18.0 Å². The van der Waals surface area contributed by atoms with Crippen molar-refractivity contribution in [1.82, 2.24) is 19.9 Å². The Morgan fingerprint density at radius 1 is 1.26 bits per heavy atom. The number of aromatic nitrogens is 4. The van der Waals surface area contributed by atoms with Crippen molar-refractivity contribution < 1.29 is 5.11 Å². The van der Waals surface area contributed by atoms with Gasteiger partial charge in [0, 0.05) is 42.8 Å². The summed E-state index contributed by atoms with van der Waals surface area (Å²) in [6.45, 7) is 3.27. The van der Waals surface area contributed by atoms with Gasteiger partial charge < -0.3 is 10.0 Å². The zero-order valence-corrected chi connectivity index (χ0v) is 10.7. The van der Waals surface area contributed by atoms with Crippen LogP contribution in [0.3, 0.4) is 0 Å². The minimum absolute atomic E-state index is 0.282. The van der Waals surface area contributed by atoms with E-state index >= 15 is 0 Å². The first-order chi connectivity index (χ1) is 9.24. The highest BCUT2D eigenvalue weighted by molar-refractivity contribution is 5.74. The Morgan fingerprint density at radius 2 is 2.05 bits per heavy atom. The standard InChI is InChI=1S/C13H15N5O/c1-9-16-6-12(10-4-14-8-15-5-10)13(17-9)18-3-2-11(19)7-18/h4-6,8,11,19H,2-3,7H2,1H3. The lowest BCUT2D eigenvalue weighted by atomic mass is 10.1. The fourth-order valence-corrected chi connectivity index (χ4v) is 2.28. The van der Waals surface area contributed by atoms with Gasteiger partial charge in [-0.3, -0.25) is 0 Å². The topological polar surface area (TPSA) is 75.0 Å². The maximum atomic E-state index is 9.68. The van der Waals surface area contributed by atoms with E-state index in [1.165, 1.54) is 6.33 Å². The Morgan fingerprint density at radius 3 is 2.74 bits per heavy atom. The van der Waals surface area contributed by atoms with Crippen LogP contribution in [-0.4, -0.2) is 44.2 Å². The van der Waals surface area contributed by atoms with E-state index < -0.39 is 0 Å². The van der Waals surface area contributed by atoms with Crippen LogP contribution in [0, 0.1) is 6.92 Å². The molecule has 6 heteroatoms. The quantitative estimate of drug-likeness (QED) is 0.858. The minimum Gasteiger partial charge on any atom is -0.391 e. The number of aliphatic hydroxyl groups excluding tert-OH is 1. The highest BCUT2D eigenvalue weighted by Gasteiger charge is 2.24. The molecule has 0 spiro atoms. The molecule has 3 heterocycles. The minimum atomic E-state index is -0.282. The molecule has 0 aromatic carbocycles. The van der Waals surface area contributed by atoms with Crippen LogP contribution in [0.15, 0.2) is 24.9 Å². The van der Waals surface area contributed by atoms with Gasteiger partial charge in [0.25, 0.3) is 0 Å². The number of hydrogen-bond donors (Lipinski definition) is 1. The smallest absolute Gasteiger partial charge is 0.140 e. The summed E-state index contributed by atoms with van der Waals surface area (Å²) < 4.78 is 0. The summed E-state index contributed by atoms with van der Waals surface area (Å²) in [4.78, 5) is 18.9. The molecule has 0 saturated carbocycles. The molecular formula is C13H15N5O. The summed E-state index contributed by atoms with van der Waals surface area (Å²) >= 11 is 0. The van der Waals surface area contributed by atoms with E-state index in [-0.39, 0.29) is 6.10 Å². The van der Waals surface area contributed by atoms with Crippen LogP contribution in [-0.2, 0) is 0 Å². The van der Waals surface area contributed by atoms with Gasteiger partial charge >= 0.3 is 0 Å². The zero-order valence-electron chi connectivity index (χ0n) is 10.7. The summed E-state index contributed by atoms with van der Waals surface area (Å²) in [6.07, 6.45) is 7.27. The van der Waals surface area contributed by atoms with Crippen molar-refractivity contribution >= 4 is 5.82 Å². The van der Waals surface area contributed by atoms with Crippen molar-refractivity contribution in [2.45, 2.75) is 19.4 Å². The van der Waals surface area contributed by atoms with Gasteiger partial charge in [0.2, 0.25) is 0 Å². The van der Waals surface area contributed by atoms with E-state index in [1.54, 1.807) is 18.6 Å². The van der Waals surface area contributed by atoms with Gasteiger partial charge in [-0.1, -0.05) is 0 Å². The largest absolute Gasteiger partial charge is 0.391 e. The predicted molar refractivity (Wildman–Crippen MR) is 70.6 cm³/mol. The molecule has 1 unspecified atom stereocenters. The first-order valence-corrected chi connectivity index (χ1v) is 6.26. The second kappa shape index (κ2) is 4.89. The fraction of sp³-hybridized carbons (Fsp3) is 0.385. The van der Waals surface area contributed by atoms with Gasteiger partial charge in [0.05, 0.1) is 6.10 Å². The van der Waals surface area contributed by atoms with Gasteiger partial charge in [-0.25, -0.2) is 19.9 Å². The SMILES string of the molecule is Cc1ncc(-c2cncnc2)c(N2CCC(O)C2)n1. The summed E-state index contributed by atoms with van der Waals surface area (Å²) in [7, 11) is 0. The Bertz CT molecular complexity index is 575. The second-order valence-corrected chi connectivity index (χ2v) is 4.67. The normalized spacial score (nSPS) is 18.8. The second-order valence-electron chi connectivity index (χ2n) is 4.67. The molecule has 0 bridgehead atoms. The van der Waals surface area contributed by atoms with Crippen molar-refractivity contribution in [3.05, 3.63) is 30.7 Å². The average molecular weight is 257 g/mol. The van der Waals surface area contributed by atoms with Gasteiger partial charge in [-0.2, -0.15) is 0 Å². The van der Waals surface area contributed by atoms with Crippen LogP contribution < -0.4 is 4.90 Å². The molecule has 2 aromatic heterocycles. The molecule has 1 atom stereocenters. The molecule has 1 fully saturated rings. The van der Waals surface area contributed by atoms with Crippen LogP contribution in [0.4, 0.5) is 5.82 Å². The number of nitrogens with zero attached hydrogens (tertiary/aromatic N) is 5. The first-order valence-electron chi connectivity index (χ1n) is 6.26. The summed E-state index contributed by atoms with van der Waals surface area (Å²) in [6, 6.07) is 0. The van der Waals surface area contributed by atoms with Crippen LogP contribution in [0.1, 0.15) is 12.2 Å². The lowest BCUT2D eigenvalue weighted by Gasteiger charge is -2.20. The summed E-state index contributed by atoms with van der Waals surface area (Å²) in [5.74, 6) is 1.57. The van der Waals surface area contributed by atoms with E-state index in [2.05, 4.69) is 24.8 Å². The van der Waals surface area contributed by atoms with E-state index in [4.69, 9.17) is 0 Å². The lowest BCUT2D eigenvalue weighted by Crippen LogP contribution is -2.23. The van der Waals surface area contributed by atoms with E-state index in [0.717, 1.165) is 35.7 Å². The molecule has 0 radical (unpaired) electrons. The van der Waals surface area contributed by atoms with Gasteiger partial charge in [0.15, 0.2) is 0 Å². The molecule has 0 aliphatic carbocycles. The van der Waals surface area contributed by atoms with Crippen LogP contribution in [0.25, 0.3) is 11.1 Å². The lowest BCUT2D eigenvalue weighted by molar-refractivity contribution is 0.198. The van der Waals surface area contributed by atoms with Crippen LogP contribution in [0.5, 0.6) is 0 Å². The molecular weight excluding hydrogens is 242 g/mol. The number of aryl methyl sites for hydroxylation is 1. The monoisotopic (exact) mass is 257 g/mol. The molecule has 1 N–H and O–H groups in total. The van der Waals surface area contributed by atoms with Gasteiger partial charge in [-0.05, 0) is 13.3 Å². The van der Waals surface area contributed by atoms with Crippen molar-refractivity contribution in [1.29, 1.82) is 0 Å². The van der Waals surface area contributed by atoms with E-state index in [0.29, 0.717) is 6.54 Å². The molecule has 98 valence electrons. The molecule has 6 nitrogen and oxygen atoms in total. The third-order valence-electron chi connectivity index (χ3n) is 3.22. The fourth-order valence-electron chi connectivity index (χ4n) is 2.28. The number of aliphatic hydroxyl groups is 1. The third kappa shape index (κ3) is 2.39. The van der Waals surface area contributed by atoms with Crippen LogP contribution in [0.2, 0.25) is 0 Å². The first kappa shape index (κ1) is 12.0. The molecule has 0 amide bonds. The van der Waals surface area contributed by atoms with Gasteiger partial charge in [-0.15, -0.1) is 0 Å². The van der Waals surface area contributed by atoms with Crippen molar-refractivity contribution in [3.8, 4) is 11.1 Å².